The summed E-state index contributed by atoms with van der Waals surface area (Å²) in [7, 11) is 0. The number of hydrogen-bond acceptors (Lipinski definition) is 5. The maximum atomic E-state index is 11.2. The standard InChI is InChI=1S/C61H55BN4OS/c1-58(2,3)34-17-20-45-40(25-34)42-27-36(60(7,8)9)29-48-54(42)65(45)49-30-37(61(10,11)12)28-44-56(49)66(48)47-24-33(32-63)23-46-53(47)62(44)57-55(43-26-35(59(4,5)6)18-21-50(43)67-57)64(46)38-19-22-52-41(31-38)39-15-13-14-16-51(39)68-52/h13-31H,1-12H3. The molecule has 7 aromatic carbocycles. The smallest absolute Gasteiger partial charge is 0.297 e. The van der Waals surface area contributed by atoms with E-state index < -0.39 is 0 Å². The van der Waals surface area contributed by atoms with E-state index in [-0.39, 0.29) is 28.4 Å². The third kappa shape index (κ3) is 5.61. The van der Waals surface area contributed by atoms with E-state index in [1.807, 2.05) is 11.3 Å². The highest BCUT2D eigenvalue weighted by molar-refractivity contribution is 7.25. The van der Waals surface area contributed by atoms with Crippen LogP contribution in [0.5, 0.6) is 0 Å². The molecule has 0 fully saturated rings. The fourth-order valence-corrected chi connectivity index (χ4v) is 12.6. The minimum atomic E-state index is -0.264. The first-order valence-electron chi connectivity index (χ1n) is 24.2. The number of fused-ring (bicyclic) bond motifs is 14. The Morgan fingerprint density at radius 1 is 0.515 bits per heavy atom. The summed E-state index contributed by atoms with van der Waals surface area (Å²) < 4.78 is 12.5. The van der Waals surface area contributed by atoms with Crippen LogP contribution in [0.25, 0.3) is 58.6 Å². The average Bonchev–Trinajstić information content (AvgIpc) is 3.96. The molecule has 0 radical (unpaired) electrons. The fraction of sp³-hybridized carbons (Fsp3) is 0.262. The van der Waals surface area contributed by atoms with Gasteiger partial charge in [0.25, 0.3) is 6.71 Å². The zero-order valence-electron chi connectivity index (χ0n) is 41.2. The molecule has 0 saturated carbocycles. The summed E-state index contributed by atoms with van der Waals surface area (Å²) in [6, 6.07) is 46.4. The second kappa shape index (κ2) is 13.3. The Morgan fingerprint density at radius 2 is 1.13 bits per heavy atom. The van der Waals surface area contributed by atoms with Crippen LogP contribution in [-0.4, -0.2) is 11.3 Å². The van der Waals surface area contributed by atoms with Crippen molar-refractivity contribution in [3.63, 3.8) is 0 Å². The number of nitriles is 1. The van der Waals surface area contributed by atoms with Crippen LogP contribution >= 0.6 is 11.3 Å². The van der Waals surface area contributed by atoms with Gasteiger partial charge in [0.2, 0.25) is 0 Å². The second-order valence-electron chi connectivity index (χ2n) is 23.8. The van der Waals surface area contributed by atoms with Crippen LogP contribution in [0.1, 0.15) is 111 Å². The molecule has 68 heavy (non-hydrogen) atoms. The Labute approximate surface area is 403 Å². The Morgan fingerprint density at radius 3 is 1.84 bits per heavy atom. The molecule has 3 aliphatic heterocycles. The van der Waals surface area contributed by atoms with Crippen molar-refractivity contribution >= 4 is 122 Å². The van der Waals surface area contributed by atoms with Crippen LogP contribution in [0.3, 0.4) is 0 Å². The Hall–Kier alpha value is -6.75. The zero-order valence-corrected chi connectivity index (χ0v) is 42.0. The molecule has 0 unspecified atom stereocenters. The normalized spacial score (nSPS) is 14.4. The lowest BCUT2D eigenvalue weighted by atomic mass is 9.35. The molecule has 5 nitrogen and oxygen atoms in total. The number of hydrogen-bond donors (Lipinski definition) is 0. The molecule has 3 aliphatic rings. The van der Waals surface area contributed by atoms with Crippen molar-refractivity contribution < 1.29 is 4.42 Å². The molecule has 10 aromatic rings. The summed E-state index contributed by atoms with van der Waals surface area (Å²) in [6.45, 7) is 27.5. The van der Waals surface area contributed by atoms with Crippen LogP contribution in [-0.2, 0) is 21.7 Å². The Bertz CT molecular complexity index is 3940. The van der Waals surface area contributed by atoms with E-state index in [0.717, 1.165) is 61.9 Å². The van der Waals surface area contributed by atoms with Crippen LogP contribution < -0.4 is 26.4 Å². The molecule has 0 N–H and O–H groups in total. The van der Waals surface area contributed by atoms with E-state index in [0.29, 0.717) is 5.56 Å². The fourth-order valence-electron chi connectivity index (χ4n) is 11.5. The van der Waals surface area contributed by atoms with E-state index in [2.05, 4.69) is 219 Å². The van der Waals surface area contributed by atoms with E-state index >= 15 is 0 Å². The molecular weight excluding hydrogens is 848 g/mol. The summed E-state index contributed by atoms with van der Waals surface area (Å²) in [4.78, 5) is 4.97. The van der Waals surface area contributed by atoms with E-state index in [1.54, 1.807) is 0 Å². The minimum absolute atomic E-state index is 0.0247. The molecule has 0 atom stereocenters. The monoisotopic (exact) mass is 902 g/mol. The van der Waals surface area contributed by atoms with Gasteiger partial charge in [0.1, 0.15) is 5.58 Å². The third-order valence-electron chi connectivity index (χ3n) is 15.3. The van der Waals surface area contributed by atoms with Crippen molar-refractivity contribution in [1.29, 1.82) is 5.26 Å². The lowest BCUT2D eigenvalue weighted by molar-refractivity contribution is 0.589. The van der Waals surface area contributed by atoms with Crippen molar-refractivity contribution in [2.45, 2.75) is 105 Å². The van der Waals surface area contributed by atoms with Gasteiger partial charge < -0.3 is 18.8 Å². The molecule has 0 spiro atoms. The second-order valence-corrected chi connectivity index (χ2v) is 24.9. The number of furan rings is 1. The number of anilines is 6. The maximum Gasteiger partial charge on any atom is 0.297 e. The van der Waals surface area contributed by atoms with Gasteiger partial charge in [-0.15, -0.1) is 11.3 Å². The lowest BCUT2D eigenvalue weighted by Gasteiger charge is -2.45. The van der Waals surface area contributed by atoms with Crippen LogP contribution in [0.15, 0.2) is 120 Å². The molecular formula is C61H55BN4OS. The van der Waals surface area contributed by atoms with Crippen molar-refractivity contribution in [1.82, 2.24) is 4.57 Å². The predicted molar refractivity (Wildman–Crippen MR) is 291 cm³/mol. The van der Waals surface area contributed by atoms with Gasteiger partial charge in [-0.25, -0.2) is 0 Å². The topological polar surface area (TPSA) is 48.3 Å². The van der Waals surface area contributed by atoms with Crippen LogP contribution in [0.2, 0.25) is 0 Å². The van der Waals surface area contributed by atoms with E-state index in [9.17, 15) is 5.26 Å². The van der Waals surface area contributed by atoms with Crippen molar-refractivity contribution in [2.24, 2.45) is 0 Å². The summed E-state index contributed by atoms with van der Waals surface area (Å²) in [6.07, 6.45) is 0. The number of rotatable bonds is 1. The van der Waals surface area contributed by atoms with E-state index in [4.69, 9.17) is 4.42 Å². The van der Waals surface area contributed by atoms with Gasteiger partial charge in [0.15, 0.2) is 0 Å². The summed E-state index contributed by atoms with van der Waals surface area (Å²) in [5, 5.41) is 17.2. The predicted octanol–water partition coefficient (Wildman–Crippen LogP) is 15.4. The highest BCUT2D eigenvalue weighted by atomic mass is 32.1. The average molecular weight is 903 g/mol. The first-order chi connectivity index (χ1) is 32.2. The molecule has 3 aromatic heterocycles. The maximum absolute atomic E-state index is 11.2. The molecule has 13 rings (SSSR count). The molecule has 7 heteroatoms. The van der Waals surface area contributed by atoms with Crippen LogP contribution in [0.4, 0.5) is 34.1 Å². The summed E-state index contributed by atoms with van der Waals surface area (Å²) in [5.74, 6) is 0. The largest absolute Gasteiger partial charge is 0.468 e. The molecule has 6 heterocycles. The van der Waals surface area contributed by atoms with Gasteiger partial charge in [-0.1, -0.05) is 119 Å². The number of nitrogens with zero attached hydrogens (tertiary/aromatic N) is 4. The highest BCUT2D eigenvalue weighted by Gasteiger charge is 2.50. The lowest BCUT2D eigenvalue weighted by Crippen LogP contribution is -2.61. The quantitative estimate of drug-likeness (QED) is 0.154. The van der Waals surface area contributed by atoms with Gasteiger partial charge in [-0.2, -0.15) is 5.26 Å². The van der Waals surface area contributed by atoms with Crippen molar-refractivity contribution in [2.75, 3.05) is 9.80 Å². The first kappa shape index (κ1) is 41.4. The Kier molecular flexibility index (Phi) is 8.09. The van der Waals surface area contributed by atoms with Crippen LogP contribution in [0, 0.1) is 11.3 Å². The third-order valence-corrected chi connectivity index (χ3v) is 16.4. The molecule has 0 aliphatic carbocycles. The molecule has 0 bridgehead atoms. The molecule has 0 amide bonds. The first-order valence-corrected chi connectivity index (χ1v) is 25.0. The SMILES string of the molecule is CC(C)(C)c1cc2c3c(c1)-n1c4ccc(C(C)(C)C)cc4c4cc(C(C)(C)C)cc(c41)N3c1cc(C#N)cc3c1B2c1oc2ccc(C(C)(C)C)cc2c1N3c1ccc2sc3ccccc3c2c1. The molecule has 0 saturated heterocycles. The number of thiophene rings is 1. The van der Waals surface area contributed by atoms with E-state index in [1.165, 1.54) is 69.7 Å². The summed E-state index contributed by atoms with van der Waals surface area (Å²) >= 11 is 1.83. The summed E-state index contributed by atoms with van der Waals surface area (Å²) in [5.41, 5.74) is 19.4. The van der Waals surface area contributed by atoms with Gasteiger partial charge >= 0.3 is 0 Å². The number of aromatic nitrogens is 1. The van der Waals surface area contributed by atoms with Crippen molar-refractivity contribution in [3.05, 3.63) is 143 Å². The van der Waals surface area contributed by atoms with Gasteiger partial charge in [0, 0.05) is 53.4 Å². The molecule has 334 valence electrons. The minimum Gasteiger partial charge on any atom is -0.468 e. The zero-order chi connectivity index (χ0) is 47.3. The number of benzene rings is 7. The highest BCUT2D eigenvalue weighted by Crippen LogP contribution is 2.55. The van der Waals surface area contributed by atoms with Gasteiger partial charge in [-0.3, -0.25) is 0 Å². The Balaban J connectivity index is 1.21. The van der Waals surface area contributed by atoms with Gasteiger partial charge in [0.05, 0.1) is 51.1 Å². The van der Waals surface area contributed by atoms with Gasteiger partial charge in [-0.05, 0) is 134 Å². The van der Waals surface area contributed by atoms with Crippen molar-refractivity contribution in [3.8, 4) is 11.8 Å².